The lowest BCUT2D eigenvalue weighted by Crippen LogP contribution is -1.86. The van der Waals surface area contributed by atoms with Gasteiger partial charge in [-0.25, -0.2) is 0 Å². The Bertz CT molecular complexity index is 121. The first kappa shape index (κ1) is 11.3. The van der Waals surface area contributed by atoms with E-state index in [2.05, 4.69) is 18.7 Å². The first-order valence-corrected chi connectivity index (χ1v) is 8.12. The van der Waals surface area contributed by atoms with Crippen molar-refractivity contribution < 1.29 is 0 Å². The van der Waals surface area contributed by atoms with Crippen molar-refractivity contribution in [1.82, 2.24) is 0 Å². The molecule has 64 valence electrons. The number of unbranched alkanes of at least 4 members (excludes halogenated alkanes) is 2. The van der Waals surface area contributed by atoms with E-state index in [-0.39, 0.29) is 0 Å². The fourth-order valence-corrected chi connectivity index (χ4v) is 1.71. The Morgan fingerprint density at radius 3 is 2.45 bits per heavy atom. The van der Waals surface area contributed by atoms with Crippen LogP contribution >= 0.6 is 22.2 Å². The summed E-state index contributed by atoms with van der Waals surface area (Å²) in [6.45, 7) is 3.65. The van der Waals surface area contributed by atoms with E-state index in [1.165, 1.54) is 6.42 Å². The van der Waals surface area contributed by atoms with Gasteiger partial charge < -0.3 is 0 Å². The van der Waals surface area contributed by atoms with Gasteiger partial charge in [-0.15, -0.1) is 6.58 Å². The molecule has 0 fully saturated rings. The molecule has 0 spiro atoms. The third kappa shape index (κ3) is 10.3. The molecule has 11 heavy (non-hydrogen) atoms. The molecule has 0 aromatic heterocycles. The molecule has 0 saturated carbocycles. The van der Waals surface area contributed by atoms with Gasteiger partial charge in [0.15, 0.2) is 0 Å². The molecule has 3 heteroatoms. The van der Waals surface area contributed by atoms with Gasteiger partial charge >= 0.3 is 0 Å². The van der Waals surface area contributed by atoms with Crippen LogP contribution in [0.2, 0.25) is 6.04 Å². The van der Waals surface area contributed by atoms with Gasteiger partial charge in [-0.1, -0.05) is 18.2 Å². The largest absolute Gasteiger partial charge is 0.240 e. The molecule has 0 nitrogen and oxygen atoms in total. The summed E-state index contributed by atoms with van der Waals surface area (Å²) in [5.41, 5.74) is 0. The van der Waals surface area contributed by atoms with E-state index in [4.69, 9.17) is 22.2 Å². The van der Waals surface area contributed by atoms with Crippen molar-refractivity contribution in [3.8, 4) is 0 Å². The minimum Gasteiger partial charge on any atom is -0.150 e. The van der Waals surface area contributed by atoms with Crippen molar-refractivity contribution >= 4 is 29.6 Å². The number of hydrogen-bond donors (Lipinski definition) is 0. The van der Waals surface area contributed by atoms with Gasteiger partial charge in [-0.05, 0) is 25.3 Å². The summed E-state index contributed by atoms with van der Waals surface area (Å²) in [6.07, 6.45) is 9.55. The van der Waals surface area contributed by atoms with Crippen LogP contribution in [0.4, 0.5) is 0 Å². The lowest BCUT2D eigenvalue weighted by Gasteiger charge is -1.90. The summed E-state index contributed by atoms with van der Waals surface area (Å²) in [6, 6.07) is 0.886. The van der Waals surface area contributed by atoms with Gasteiger partial charge in [0.1, 0.15) is 0 Å². The minimum absolute atomic E-state index is 0.886. The van der Waals surface area contributed by atoms with E-state index in [1.54, 1.807) is 0 Å². The predicted molar refractivity (Wildman–Crippen MR) is 56.9 cm³/mol. The molecule has 0 N–H and O–H groups in total. The second-order valence-corrected chi connectivity index (χ2v) is 7.40. The lowest BCUT2D eigenvalue weighted by molar-refractivity contribution is 0.869. The predicted octanol–water partition coefficient (Wildman–Crippen LogP) is 3.60. The first-order chi connectivity index (χ1) is 5.27. The standard InChI is InChI=1S/C8H14Cl2Si/c1-2-3-4-5-6-7-8-11(9)10/h2,6-7,11H,1,3-5,8H2. The van der Waals surface area contributed by atoms with Crippen LogP contribution in [0.1, 0.15) is 19.3 Å². The number of allylic oxidation sites excluding steroid dienone is 3. The maximum absolute atomic E-state index is 5.65. The molecular formula is C8H14Cl2Si. The Kier molecular flexibility index (Phi) is 8.58. The normalized spacial score (nSPS) is 11.2. The van der Waals surface area contributed by atoms with Crippen molar-refractivity contribution in [2.45, 2.75) is 25.3 Å². The Morgan fingerprint density at radius 2 is 1.91 bits per heavy atom. The number of hydrogen-bond acceptors (Lipinski definition) is 0. The molecule has 0 unspecified atom stereocenters. The van der Waals surface area contributed by atoms with Crippen LogP contribution < -0.4 is 0 Å². The highest BCUT2D eigenvalue weighted by atomic mass is 35.7. The molecule has 0 atom stereocenters. The van der Waals surface area contributed by atoms with Crippen LogP contribution in [0.15, 0.2) is 24.8 Å². The molecule has 0 aliphatic carbocycles. The molecule has 0 aliphatic rings. The molecule has 0 saturated heterocycles. The van der Waals surface area contributed by atoms with E-state index in [0.717, 1.165) is 18.9 Å². The molecule has 0 bridgehead atoms. The Hall–Kier alpha value is 0.277. The quantitative estimate of drug-likeness (QED) is 0.271. The van der Waals surface area contributed by atoms with Gasteiger partial charge in [0, 0.05) is 0 Å². The van der Waals surface area contributed by atoms with Gasteiger partial charge in [0.05, 0.1) is 0 Å². The number of rotatable bonds is 6. The van der Waals surface area contributed by atoms with E-state index < -0.39 is 7.42 Å². The molecule has 0 aromatic rings. The van der Waals surface area contributed by atoms with Crippen LogP contribution in [0.5, 0.6) is 0 Å². The summed E-state index contributed by atoms with van der Waals surface area (Å²) in [7, 11) is -1.39. The average Bonchev–Trinajstić information content (AvgIpc) is 1.96. The van der Waals surface area contributed by atoms with Crippen molar-refractivity contribution in [3.05, 3.63) is 24.8 Å². The molecule has 0 heterocycles. The molecule has 0 aromatic carbocycles. The van der Waals surface area contributed by atoms with Gasteiger partial charge in [-0.2, -0.15) is 22.2 Å². The summed E-state index contributed by atoms with van der Waals surface area (Å²) < 4.78 is 0. The highest BCUT2D eigenvalue weighted by Gasteiger charge is 1.95. The maximum Gasteiger partial charge on any atom is 0.240 e. The third-order valence-electron chi connectivity index (χ3n) is 1.26. The molecular weight excluding hydrogens is 195 g/mol. The maximum atomic E-state index is 5.65. The summed E-state index contributed by atoms with van der Waals surface area (Å²) in [5, 5.41) is 0. The lowest BCUT2D eigenvalue weighted by atomic mass is 10.2. The second-order valence-electron chi connectivity index (χ2n) is 2.32. The second kappa shape index (κ2) is 8.37. The first-order valence-electron chi connectivity index (χ1n) is 3.81. The molecule has 0 rings (SSSR count). The highest BCUT2D eigenvalue weighted by Crippen LogP contribution is 2.05. The Balaban J connectivity index is 3.09. The van der Waals surface area contributed by atoms with Crippen LogP contribution in [0.25, 0.3) is 0 Å². The Labute approximate surface area is 79.9 Å². The zero-order valence-corrected chi connectivity index (χ0v) is 9.27. The molecule has 0 aliphatic heterocycles. The van der Waals surface area contributed by atoms with E-state index in [1.807, 2.05) is 6.08 Å². The van der Waals surface area contributed by atoms with E-state index >= 15 is 0 Å². The summed E-state index contributed by atoms with van der Waals surface area (Å²) in [4.78, 5) is 0. The van der Waals surface area contributed by atoms with Crippen LogP contribution in [-0.4, -0.2) is 7.42 Å². The number of halogens is 2. The van der Waals surface area contributed by atoms with Crippen molar-refractivity contribution in [1.29, 1.82) is 0 Å². The topological polar surface area (TPSA) is 0 Å². The SMILES string of the molecule is C=CCCCC=CC[SiH](Cl)Cl. The zero-order chi connectivity index (χ0) is 8.53. The van der Waals surface area contributed by atoms with E-state index in [9.17, 15) is 0 Å². The fraction of sp³-hybridized carbons (Fsp3) is 0.500. The molecule has 0 radical (unpaired) electrons. The van der Waals surface area contributed by atoms with Crippen LogP contribution in [-0.2, 0) is 0 Å². The van der Waals surface area contributed by atoms with Crippen molar-refractivity contribution in [2.75, 3.05) is 0 Å². The minimum atomic E-state index is -1.39. The van der Waals surface area contributed by atoms with Crippen molar-refractivity contribution in [3.63, 3.8) is 0 Å². The van der Waals surface area contributed by atoms with Crippen LogP contribution in [0, 0.1) is 0 Å². The summed E-state index contributed by atoms with van der Waals surface area (Å²) >= 11 is 11.3. The summed E-state index contributed by atoms with van der Waals surface area (Å²) in [5.74, 6) is 0. The smallest absolute Gasteiger partial charge is 0.150 e. The van der Waals surface area contributed by atoms with Crippen LogP contribution in [0.3, 0.4) is 0 Å². The average molecular weight is 209 g/mol. The van der Waals surface area contributed by atoms with Gasteiger partial charge in [-0.3, -0.25) is 0 Å². The van der Waals surface area contributed by atoms with E-state index in [0.29, 0.717) is 0 Å². The highest BCUT2D eigenvalue weighted by molar-refractivity contribution is 7.33. The monoisotopic (exact) mass is 208 g/mol. The Morgan fingerprint density at radius 1 is 1.18 bits per heavy atom. The fourth-order valence-electron chi connectivity index (χ4n) is 0.697. The van der Waals surface area contributed by atoms with Gasteiger partial charge in [0.25, 0.3) is 0 Å². The third-order valence-corrected chi connectivity index (χ3v) is 2.96. The molecule has 0 amide bonds. The zero-order valence-electron chi connectivity index (χ0n) is 6.60. The van der Waals surface area contributed by atoms with Crippen molar-refractivity contribution in [2.24, 2.45) is 0 Å². The van der Waals surface area contributed by atoms with Gasteiger partial charge in [0.2, 0.25) is 7.42 Å².